The molecule has 1 saturated carbocycles. The van der Waals surface area contributed by atoms with E-state index in [1.54, 1.807) is 0 Å². The van der Waals surface area contributed by atoms with Gasteiger partial charge in [0.05, 0.1) is 0 Å². The first-order chi connectivity index (χ1) is 11.1. The molecule has 23 heavy (non-hydrogen) atoms. The molecule has 0 spiro atoms. The van der Waals surface area contributed by atoms with Crippen LogP contribution in [0.25, 0.3) is 0 Å². The zero-order valence-electron chi connectivity index (χ0n) is 14.3. The summed E-state index contributed by atoms with van der Waals surface area (Å²) in [6, 6.07) is 10.3. The lowest BCUT2D eigenvalue weighted by Gasteiger charge is -2.47. The molecule has 3 fully saturated rings. The van der Waals surface area contributed by atoms with Crippen molar-refractivity contribution in [2.75, 3.05) is 7.05 Å². The summed E-state index contributed by atoms with van der Waals surface area (Å²) in [5.41, 5.74) is 2.69. The second-order valence-corrected chi connectivity index (χ2v) is 7.89. The van der Waals surface area contributed by atoms with Crippen molar-refractivity contribution in [3.63, 3.8) is 0 Å². The van der Waals surface area contributed by atoms with Crippen LogP contribution in [0.2, 0.25) is 0 Å². The molecule has 1 amide bonds. The molecule has 2 bridgehead atoms. The predicted octanol–water partition coefficient (Wildman–Crippen LogP) is 3.23. The van der Waals surface area contributed by atoms with Crippen molar-refractivity contribution in [3.8, 4) is 0 Å². The van der Waals surface area contributed by atoms with Crippen LogP contribution in [0.3, 0.4) is 0 Å². The largest absolute Gasteiger partial charge is 0.353 e. The highest BCUT2D eigenvalue weighted by Crippen LogP contribution is 2.48. The molecular weight excluding hydrogens is 284 g/mol. The maximum atomic E-state index is 12.6. The smallest absolute Gasteiger partial charge is 0.223 e. The van der Waals surface area contributed by atoms with Gasteiger partial charge in [-0.05, 0) is 63.1 Å². The van der Waals surface area contributed by atoms with Crippen molar-refractivity contribution >= 4 is 5.91 Å². The topological polar surface area (TPSA) is 32.3 Å². The molecule has 4 rings (SSSR count). The monoisotopic (exact) mass is 312 g/mol. The van der Waals surface area contributed by atoms with Gasteiger partial charge < -0.3 is 10.2 Å². The lowest BCUT2D eigenvalue weighted by atomic mass is 9.82. The number of benzene rings is 1. The fourth-order valence-electron chi connectivity index (χ4n) is 4.87. The van der Waals surface area contributed by atoms with Gasteiger partial charge in [-0.2, -0.15) is 0 Å². The summed E-state index contributed by atoms with van der Waals surface area (Å²) < 4.78 is 0. The predicted molar refractivity (Wildman–Crippen MR) is 92.4 cm³/mol. The Morgan fingerprint density at radius 3 is 2.52 bits per heavy atom. The average Bonchev–Trinajstić information content (AvgIpc) is 3.29. The van der Waals surface area contributed by atoms with E-state index in [2.05, 4.69) is 48.5 Å². The van der Waals surface area contributed by atoms with Crippen molar-refractivity contribution < 1.29 is 4.79 Å². The van der Waals surface area contributed by atoms with Gasteiger partial charge in [-0.25, -0.2) is 0 Å². The van der Waals surface area contributed by atoms with Crippen LogP contribution >= 0.6 is 0 Å². The van der Waals surface area contributed by atoms with Crippen molar-refractivity contribution in [1.82, 2.24) is 10.2 Å². The van der Waals surface area contributed by atoms with E-state index in [4.69, 9.17) is 0 Å². The van der Waals surface area contributed by atoms with Crippen LogP contribution in [0, 0.1) is 12.8 Å². The van der Waals surface area contributed by atoms with E-state index in [1.165, 1.54) is 30.4 Å². The molecule has 0 aromatic heterocycles. The average molecular weight is 312 g/mol. The molecule has 3 nitrogen and oxygen atoms in total. The molecule has 1 aliphatic carbocycles. The molecule has 1 N–H and O–H groups in total. The van der Waals surface area contributed by atoms with Crippen molar-refractivity contribution in [1.29, 1.82) is 0 Å². The van der Waals surface area contributed by atoms with E-state index in [0.717, 1.165) is 19.3 Å². The van der Waals surface area contributed by atoms with E-state index in [9.17, 15) is 4.79 Å². The summed E-state index contributed by atoms with van der Waals surface area (Å²) in [7, 11) is 2.27. The van der Waals surface area contributed by atoms with Gasteiger partial charge in [-0.1, -0.05) is 30.7 Å². The van der Waals surface area contributed by atoms with Crippen LogP contribution in [0.15, 0.2) is 24.3 Å². The van der Waals surface area contributed by atoms with E-state index >= 15 is 0 Å². The summed E-state index contributed by atoms with van der Waals surface area (Å²) in [6.45, 7) is 2.15. The number of hydrogen-bond donors (Lipinski definition) is 1. The van der Waals surface area contributed by atoms with Gasteiger partial charge in [0.2, 0.25) is 5.91 Å². The van der Waals surface area contributed by atoms with Gasteiger partial charge >= 0.3 is 0 Å². The third-order valence-electron chi connectivity index (χ3n) is 6.40. The third-order valence-corrected chi connectivity index (χ3v) is 6.40. The van der Waals surface area contributed by atoms with Crippen LogP contribution in [-0.2, 0) is 4.79 Å². The Kier molecular flexibility index (Phi) is 3.92. The number of nitrogens with one attached hydrogen (secondary N) is 1. The quantitative estimate of drug-likeness (QED) is 0.929. The number of rotatable bonds is 3. The maximum absolute atomic E-state index is 12.6. The molecule has 124 valence electrons. The summed E-state index contributed by atoms with van der Waals surface area (Å²) >= 11 is 0. The molecule has 2 heterocycles. The molecule has 1 unspecified atom stereocenters. The van der Waals surface area contributed by atoms with Crippen LogP contribution in [0.4, 0.5) is 0 Å². The van der Waals surface area contributed by atoms with Gasteiger partial charge in [0.1, 0.15) is 0 Å². The molecular formula is C20H28N2O. The Labute approximate surface area is 139 Å². The first-order valence-electron chi connectivity index (χ1n) is 9.21. The number of hydrogen-bond acceptors (Lipinski definition) is 2. The van der Waals surface area contributed by atoms with Crippen molar-refractivity contribution in [2.45, 2.75) is 69.5 Å². The minimum Gasteiger partial charge on any atom is -0.353 e. The molecule has 3 heteroatoms. The van der Waals surface area contributed by atoms with Crippen LogP contribution in [-0.4, -0.2) is 36.0 Å². The van der Waals surface area contributed by atoms with Gasteiger partial charge in [-0.3, -0.25) is 4.79 Å². The van der Waals surface area contributed by atoms with Crippen LogP contribution < -0.4 is 5.32 Å². The lowest BCUT2D eigenvalue weighted by Crippen LogP contribution is -2.55. The Balaban J connectivity index is 1.36. The van der Waals surface area contributed by atoms with Gasteiger partial charge in [0, 0.05) is 24.0 Å². The Morgan fingerprint density at radius 2 is 1.83 bits per heavy atom. The summed E-state index contributed by atoms with van der Waals surface area (Å²) in [4.78, 5) is 15.2. The van der Waals surface area contributed by atoms with E-state index in [0.29, 0.717) is 30.0 Å². The highest BCUT2D eigenvalue weighted by atomic mass is 16.2. The van der Waals surface area contributed by atoms with Gasteiger partial charge in [0.15, 0.2) is 0 Å². The van der Waals surface area contributed by atoms with E-state index < -0.39 is 0 Å². The van der Waals surface area contributed by atoms with Crippen molar-refractivity contribution in [3.05, 3.63) is 35.4 Å². The summed E-state index contributed by atoms with van der Waals surface area (Å²) in [5.74, 6) is 0.948. The van der Waals surface area contributed by atoms with Gasteiger partial charge in [0.25, 0.3) is 0 Å². The van der Waals surface area contributed by atoms with Crippen LogP contribution in [0.5, 0.6) is 0 Å². The first kappa shape index (κ1) is 15.2. The number of carbonyl (C=O) groups excluding carboxylic acids is 1. The Morgan fingerprint density at radius 1 is 1.13 bits per heavy atom. The number of fused-ring (bicyclic) bond motifs is 2. The molecule has 5 atom stereocenters. The molecule has 2 aliphatic heterocycles. The second-order valence-electron chi connectivity index (χ2n) is 7.89. The lowest BCUT2D eigenvalue weighted by molar-refractivity contribution is -0.123. The van der Waals surface area contributed by atoms with Gasteiger partial charge in [-0.15, -0.1) is 0 Å². The highest BCUT2D eigenvalue weighted by molar-refractivity contribution is 5.83. The van der Waals surface area contributed by atoms with Crippen LogP contribution in [0.1, 0.15) is 55.6 Å². The fourth-order valence-corrected chi connectivity index (χ4v) is 4.87. The normalized spacial score (nSPS) is 36.5. The maximum Gasteiger partial charge on any atom is 0.223 e. The number of aryl methyl sites for hydroxylation is 1. The highest BCUT2D eigenvalue weighted by Gasteiger charge is 2.45. The number of carbonyl (C=O) groups is 1. The molecule has 3 aliphatic rings. The number of piperidine rings is 2. The third kappa shape index (κ3) is 2.91. The number of amides is 1. The second kappa shape index (κ2) is 5.94. The fraction of sp³-hybridized carbons (Fsp3) is 0.650. The summed E-state index contributed by atoms with van der Waals surface area (Å²) in [5, 5.41) is 3.38. The summed E-state index contributed by atoms with van der Waals surface area (Å²) in [6.07, 6.45) is 7.26. The number of nitrogens with zero attached hydrogens (tertiary/aromatic N) is 1. The van der Waals surface area contributed by atoms with Crippen molar-refractivity contribution in [2.24, 2.45) is 5.92 Å². The first-order valence-corrected chi connectivity index (χ1v) is 9.21. The Hall–Kier alpha value is -1.35. The minimum atomic E-state index is 0.204. The minimum absolute atomic E-state index is 0.204. The Bertz CT molecular complexity index is 585. The zero-order valence-corrected chi connectivity index (χ0v) is 14.3. The zero-order chi connectivity index (χ0) is 16.0. The molecule has 1 aromatic carbocycles. The molecule has 1 aromatic rings. The molecule has 0 radical (unpaired) electrons. The SMILES string of the molecule is Cc1ccccc1[C@@H]1C[C@H]1C(=O)NC1C[C@H]2CCC[C@@H](C1)N2C. The van der Waals surface area contributed by atoms with E-state index in [-0.39, 0.29) is 5.92 Å². The molecule has 2 saturated heterocycles. The standard InChI is InChI=1S/C20H28N2O/c1-13-6-3-4-9-17(13)18-12-19(18)20(23)21-14-10-15-7-5-8-16(11-14)22(15)2/h3-4,6,9,14-16,18-19H,5,7-8,10-12H2,1-2H3,(H,21,23)/t14?,15-,16+,18-,19+/m0/s1. The van der Waals surface area contributed by atoms with E-state index in [1.807, 2.05) is 0 Å².